The maximum atomic E-state index is 13.0. The molecule has 2 aromatic carbocycles. The van der Waals surface area contributed by atoms with Crippen molar-refractivity contribution in [2.45, 2.75) is 32.4 Å². The van der Waals surface area contributed by atoms with Crippen LogP contribution in [0, 0.1) is 9.49 Å². The summed E-state index contributed by atoms with van der Waals surface area (Å²) in [6.45, 7) is 8.33. The molecule has 2 amide bonds. The Morgan fingerprint density at radius 1 is 1.14 bits per heavy atom. The SMILES string of the molecule is C[C@@H]1CN(C(=O)CN2CCC(C(=O)Nc3ccc(O)c(Cl)c3)C2)CCN1[C@H](C)c1ccc(I)cc1. The first-order valence-corrected chi connectivity index (χ1v) is 13.5. The van der Waals surface area contributed by atoms with Gasteiger partial charge in [0.1, 0.15) is 5.75 Å². The zero-order chi connectivity index (χ0) is 25.1. The second kappa shape index (κ2) is 11.5. The van der Waals surface area contributed by atoms with Crippen molar-refractivity contribution >= 4 is 51.7 Å². The molecule has 2 fully saturated rings. The summed E-state index contributed by atoms with van der Waals surface area (Å²) in [6.07, 6.45) is 0.711. The van der Waals surface area contributed by atoms with E-state index >= 15 is 0 Å². The molecule has 1 unspecified atom stereocenters. The van der Waals surface area contributed by atoms with E-state index in [0.717, 1.165) is 19.6 Å². The average molecular weight is 611 g/mol. The molecule has 0 bridgehead atoms. The number of carbonyl (C=O) groups is 2. The van der Waals surface area contributed by atoms with Crippen LogP contribution in [-0.2, 0) is 9.59 Å². The van der Waals surface area contributed by atoms with Gasteiger partial charge in [-0.1, -0.05) is 23.7 Å². The van der Waals surface area contributed by atoms with Crippen LogP contribution in [0.5, 0.6) is 5.75 Å². The summed E-state index contributed by atoms with van der Waals surface area (Å²) < 4.78 is 1.23. The number of nitrogens with zero attached hydrogens (tertiary/aromatic N) is 3. The number of anilines is 1. The largest absolute Gasteiger partial charge is 0.506 e. The van der Waals surface area contributed by atoms with E-state index in [1.807, 2.05) is 4.90 Å². The van der Waals surface area contributed by atoms with Gasteiger partial charge >= 0.3 is 0 Å². The number of hydrogen-bond donors (Lipinski definition) is 2. The van der Waals surface area contributed by atoms with Crippen molar-refractivity contribution in [2.75, 3.05) is 44.6 Å². The third-order valence-corrected chi connectivity index (χ3v) is 8.12. The van der Waals surface area contributed by atoms with Crippen LogP contribution in [0.25, 0.3) is 0 Å². The molecule has 0 spiro atoms. The Hall–Kier alpha value is -1.88. The number of carbonyl (C=O) groups excluding carboxylic acids is 2. The van der Waals surface area contributed by atoms with Crippen molar-refractivity contribution in [3.05, 3.63) is 56.6 Å². The molecular weight excluding hydrogens is 579 g/mol. The molecule has 0 aromatic heterocycles. The standard InChI is InChI=1S/C26H32ClIN4O3/c1-17-14-31(11-12-32(17)18(2)19-3-5-21(28)6-4-19)25(34)16-30-10-9-20(15-30)26(35)29-22-7-8-24(33)23(27)13-22/h3-8,13,17-18,20,33H,9-12,14-16H2,1-2H3,(H,29,35)/t17-,18-,20?/m1/s1. The fraction of sp³-hybridized carbons (Fsp3) is 0.462. The number of phenolic OH excluding ortho intramolecular Hbond substituents is 1. The number of rotatable bonds is 6. The Morgan fingerprint density at radius 3 is 2.57 bits per heavy atom. The molecule has 2 aromatic rings. The Labute approximate surface area is 225 Å². The predicted molar refractivity (Wildman–Crippen MR) is 147 cm³/mol. The van der Waals surface area contributed by atoms with Gasteiger partial charge in [-0.2, -0.15) is 0 Å². The van der Waals surface area contributed by atoms with E-state index < -0.39 is 0 Å². The number of likely N-dealkylation sites (tertiary alicyclic amines) is 1. The third-order valence-electron chi connectivity index (χ3n) is 7.10. The van der Waals surface area contributed by atoms with Gasteiger partial charge in [-0.25, -0.2) is 0 Å². The molecule has 2 aliphatic heterocycles. The zero-order valence-corrected chi connectivity index (χ0v) is 23.0. The first kappa shape index (κ1) is 26.2. The average Bonchev–Trinajstić information content (AvgIpc) is 3.30. The first-order valence-electron chi connectivity index (χ1n) is 12.0. The molecule has 0 aliphatic carbocycles. The van der Waals surface area contributed by atoms with Gasteiger partial charge in [-0.05, 0) is 85.3 Å². The fourth-order valence-electron chi connectivity index (χ4n) is 5.02. The van der Waals surface area contributed by atoms with E-state index in [1.165, 1.54) is 21.3 Å². The van der Waals surface area contributed by atoms with Crippen LogP contribution in [-0.4, -0.2) is 76.9 Å². The minimum Gasteiger partial charge on any atom is -0.506 e. The maximum absolute atomic E-state index is 13.0. The first-order chi connectivity index (χ1) is 16.7. The second-order valence-corrected chi connectivity index (χ2v) is 11.2. The van der Waals surface area contributed by atoms with Crippen LogP contribution < -0.4 is 5.32 Å². The number of amides is 2. The second-order valence-electron chi connectivity index (χ2n) is 9.53. The number of nitrogens with one attached hydrogen (secondary N) is 1. The number of benzene rings is 2. The van der Waals surface area contributed by atoms with E-state index in [0.29, 0.717) is 37.8 Å². The summed E-state index contributed by atoms with van der Waals surface area (Å²) in [7, 11) is 0. The van der Waals surface area contributed by atoms with E-state index in [4.69, 9.17) is 11.6 Å². The fourth-order valence-corrected chi connectivity index (χ4v) is 5.56. The van der Waals surface area contributed by atoms with Gasteiger partial charge in [0, 0.05) is 47.5 Å². The molecule has 35 heavy (non-hydrogen) atoms. The highest BCUT2D eigenvalue weighted by Crippen LogP contribution is 2.28. The number of halogens is 2. The molecule has 4 rings (SSSR count). The van der Waals surface area contributed by atoms with Gasteiger partial charge in [0.05, 0.1) is 17.5 Å². The van der Waals surface area contributed by atoms with Gasteiger partial charge in [-0.3, -0.25) is 19.4 Å². The van der Waals surface area contributed by atoms with E-state index in [1.54, 1.807) is 6.07 Å². The number of aromatic hydroxyl groups is 1. The van der Waals surface area contributed by atoms with E-state index in [2.05, 4.69) is 75.8 Å². The molecule has 9 heteroatoms. The van der Waals surface area contributed by atoms with Crippen molar-refractivity contribution in [1.82, 2.24) is 14.7 Å². The lowest BCUT2D eigenvalue weighted by atomic mass is 10.0. The number of hydrogen-bond acceptors (Lipinski definition) is 5. The monoisotopic (exact) mass is 610 g/mol. The van der Waals surface area contributed by atoms with Crippen molar-refractivity contribution in [2.24, 2.45) is 5.92 Å². The van der Waals surface area contributed by atoms with Gasteiger partial charge in [0.15, 0.2) is 0 Å². The zero-order valence-electron chi connectivity index (χ0n) is 20.1. The van der Waals surface area contributed by atoms with Crippen molar-refractivity contribution < 1.29 is 14.7 Å². The van der Waals surface area contributed by atoms with Crippen LogP contribution in [0.2, 0.25) is 5.02 Å². The lowest BCUT2D eigenvalue weighted by Gasteiger charge is -2.43. The van der Waals surface area contributed by atoms with Crippen molar-refractivity contribution in [3.63, 3.8) is 0 Å². The topological polar surface area (TPSA) is 76.1 Å². The summed E-state index contributed by atoms with van der Waals surface area (Å²) in [5, 5.41) is 12.6. The quantitative estimate of drug-likeness (QED) is 0.379. The lowest BCUT2D eigenvalue weighted by molar-refractivity contribution is -0.135. The minimum absolute atomic E-state index is 0.0188. The third kappa shape index (κ3) is 6.47. The smallest absolute Gasteiger partial charge is 0.236 e. The van der Waals surface area contributed by atoms with E-state index in [9.17, 15) is 14.7 Å². The summed E-state index contributed by atoms with van der Waals surface area (Å²) in [4.78, 5) is 32.2. The normalized spacial score (nSPS) is 22.2. The van der Waals surface area contributed by atoms with Crippen LogP contribution in [0.4, 0.5) is 5.69 Å². The van der Waals surface area contributed by atoms with Gasteiger partial charge < -0.3 is 15.3 Å². The molecule has 7 nitrogen and oxygen atoms in total. The number of piperazine rings is 1. The van der Waals surface area contributed by atoms with Crippen LogP contribution >= 0.6 is 34.2 Å². The molecular formula is C26H32ClIN4O3. The van der Waals surface area contributed by atoms with Crippen LogP contribution in [0.15, 0.2) is 42.5 Å². The van der Waals surface area contributed by atoms with Gasteiger partial charge in [0.25, 0.3) is 0 Å². The lowest BCUT2D eigenvalue weighted by Crippen LogP contribution is -2.55. The summed E-state index contributed by atoms with van der Waals surface area (Å²) in [6, 6.07) is 13.8. The molecule has 3 atom stereocenters. The molecule has 2 heterocycles. The molecule has 188 valence electrons. The van der Waals surface area contributed by atoms with E-state index in [-0.39, 0.29) is 34.5 Å². The van der Waals surface area contributed by atoms with Crippen molar-refractivity contribution in [1.29, 1.82) is 0 Å². The van der Waals surface area contributed by atoms with Gasteiger partial charge in [0.2, 0.25) is 11.8 Å². The molecule has 2 aliphatic rings. The summed E-state index contributed by atoms with van der Waals surface area (Å²) in [5.41, 5.74) is 1.85. The highest BCUT2D eigenvalue weighted by molar-refractivity contribution is 14.1. The molecule has 2 saturated heterocycles. The Morgan fingerprint density at radius 2 is 1.89 bits per heavy atom. The van der Waals surface area contributed by atoms with Gasteiger partial charge in [-0.15, -0.1) is 0 Å². The minimum atomic E-state index is -0.180. The predicted octanol–water partition coefficient (Wildman–Crippen LogP) is 4.20. The Bertz CT molecular complexity index is 1070. The van der Waals surface area contributed by atoms with Crippen LogP contribution in [0.3, 0.4) is 0 Å². The number of phenols is 1. The highest BCUT2D eigenvalue weighted by Gasteiger charge is 2.33. The summed E-state index contributed by atoms with van der Waals surface area (Å²) >= 11 is 8.25. The van der Waals surface area contributed by atoms with Crippen LogP contribution in [0.1, 0.15) is 31.9 Å². The summed E-state index contributed by atoms with van der Waals surface area (Å²) in [5.74, 6) is -0.158. The Balaban J connectivity index is 1.25. The molecule has 0 saturated carbocycles. The maximum Gasteiger partial charge on any atom is 0.236 e. The Kier molecular flexibility index (Phi) is 8.57. The molecule has 0 radical (unpaired) electrons. The molecule has 2 N–H and O–H groups in total. The van der Waals surface area contributed by atoms with Crippen molar-refractivity contribution in [3.8, 4) is 5.75 Å². The highest BCUT2D eigenvalue weighted by atomic mass is 127.